The molecule has 0 aliphatic carbocycles. The maximum Gasteiger partial charge on any atom is 0.261 e. The van der Waals surface area contributed by atoms with Crippen LogP contribution in [0.1, 0.15) is 33.6 Å². The Morgan fingerprint density at radius 1 is 0.920 bits per heavy atom. The van der Waals surface area contributed by atoms with E-state index in [4.69, 9.17) is 0 Å². The lowest BCUT2D eigenvalue weighted by molar-refractivity contribution is 0.0652. The molecule has 7 heteroatoms. The van der Waals surface area contributed by atoms with Crippen LogP contribution < -0.4 is 0 Å². The van der Waals surface area contributed by atoms with Gasteiger partial charge < -0.3 is 0 Å². The van der Waals surface area contributed by atoms with Crippen molar-refractivity contribution in [3.05, 3.63) is 64.6 Å². The van der Waals surface area contributed by atoms with Crippen LogP contribution in [0.4, 0.5) is 5.69 Å². The number of nitroso groups, excluding NO2 is 1. The molecule has 1 heterocycles. The van der Waals surface area contributed by atoms with Gasteiger partial charge in [-0.2, -0.15) is 0 Å². The number of unbranched alkanes of at least 4 members (excludes halogenated alkanes) is 1. The van der Waals surface area contributed by atoms with E-state index in [2.05, 4.69) is 5.18 Å². The first-order valence-electron chi connectivity index (χ1n) is 7.89. The molecule has 2 aromatic rings. The number of carbonyl (C=O) groups is 2. The smallest absolute Gasteiger partial charge is 0.261 e. The van der Waals surface area contributed by atoms with Crippen molar-refractivity contribution in [2.45, 2.75) is 17.7 Å². The van der Waals surface area contributed by atoms with Gasteiger partial charge in [-0.1, -0.05) is 18.2 Å². The molecular weight excluding hydrogens is 340 g/mol. The molecule has 0 spiro atoms. The van der Waals surface area contributed by atoms with Gasteiger partial charge in [-0.3, -0.25) is 18.7 Å². The third kappa shape index (κ3) is 3.56. The molecule has 2 amide bonds. The lowest BCUT2D eigenvalue weighted by Crippen LogP contribution is -2.30. The van der Waals surface area contributed by atoms with Gasteiger partial charge in [0.05, 0.1) is 21.9 Å². The Kier molecular flexibility index (Phi) is 5.14. The topological polar surface area (TPSA) is 83.9 Å². The number of hydrogen-bond donors (Lipinski definition) is 0. The van der Waals surface area contributed by atoms with Crippen molar-refractivity contribution >= 4 is 28.3 Å². The number of rotatable bonds is 7. The van der Waals surface area contributed by atoms with Gasteiger partial charge in [0, 0.05) is 17.2 Å². The fourth-order valence-corrected chi connectivity index (χ4v) is 3.93. The van der Waals surface area contributed by atoms with Gasteiger partial charge in [-0.05, 0) is 48.4 Å². The van der Waals surface area contributed by atoms with Crippen LogP contribution in [0.15, 0.2) is 58.6 Å². The lowest BCUT2D eigenvalue weighted by Gasteiger charge is -2.13. The van der Waals surface area contributed by atoms with Crippen LogP contribution in [-0.4, -0.2) is 33.2 Å². The summed E-state index contributed by atoms with van der Waals surface area (Å²) in [7, 11) is -1.24. The fourth-order valence-electron chi connectivity index (χ4n) is 2.75. The summed E-state index contributed by atoms with van der Waals surface area (Å²) >= 11 is 0. The second-order valence-corrected chi connectivity index (χ2v) is 7.22. The number of amides is 2. The van der Waals surface area contributed by atoms with Crippen molar-refractivity contribution in [1.29, 1.82) is 0 Å². The number of fused-ring (bicyclic) bond motifs is 1. The summed E-state index contributed by atoms with van der Waals surface area (Å²) in [6.45, 7) is 0.305. The van der Waals surface area contributed by atoms with Crippen molar-refractivity contribution in [1.82, 2.24) is 4.90 Å². The Morgan fingerprint density at radius 3 is 2.24 bits per heavy atom. The standard InChI is InChI=1S/C18H16N2O4S/c21-17-15-8-1-2-9-16(15)18(22)20(17)10-3-4-11-25(24)14-7-5-6-13(12-14)19-23/h1-2,5-9,12H,3-4,10-11H2. The van der Waals surface area contributed by atoms with Gasteiger partial charge in [-0.15, -0.1) is 4.91 Å². The summed E-state index contributed by atoms with van der Waals surface area (Å²) in [4.78, 5) is 36.8. The molecule has 1 aliphatic rings. The normalized spacial score (nSPS) is 14.5. The monoisotopic (exact) mass is 356 g/mol. The van der Waals surface area contributed by atoms with E-state index < -0.39 is 10.8 Å². The molecule has 128 valence electrons. The van der Waals surface area contributed by atoms with E-state index >= 15 is 0 Å². The van der Waals surface area contributed by atoms with E-state index in [1.807, 2.05) is 0 Å². The van der Waals surface area contributed by atoms with Crippen LogP contribution >= 0.6 is 0 Å². The van der Waals surface area contributed by atoms with Crippen LogP contribution in [0, 0.1) is 4.91 Å². The molecule has 0 bridgehead atoms. The Hall–Kier alpha value is -2.67. The molecule has 1 unspecified atom stereocenters. The minimum atomic E-state index is -1.24. The van der Waals surface area contributed by atoms with E-state index in [1.54, 1.807) is 42.5 Å². The van der Waals surface area contributed by atoms with Crippen molar-refractivity contribution in [3.8, 4) is 0 Å². The summed E-state index contributed by atoms with van der Waals surface area (Å²) in [5, 5.41) is 2.83. The number of nitrogens with zero attached hydrogens (tertiary/aromatic N) is 2. The molecule has 0 saturated carbocycles. The van der Waals surface area contributed by atoms with E-state index in [-0.39, 0.29) is 17.5 Å². The molecule has 25 heavy (non-hydrogen) atoms. The molecule has 3 rings (SSSR count). The molecule has 0 radical (unpaired) electrons. The number of benzene rings is 2. The third-order valence-electron chi connectivity index (χ3n) is 4.03. The van der Waals surface area contributed by atoms with Gasteiger partial charge in [-0.25, -0.2) is 0 Å². The number of imide groups is 1. The minimum Gasteiger partial charge on any atom is -0.274 e. The van der Waals surface area contributed by atoms with E-state index in [1.165, 1.54) is 11.0 Å². The van der Waals surface area contributed by atoms with E-state index in [9.17, 15) is 18.7 Å². The fraction of sp³-hybridized carbons (Fsp3) is 0.222. The summed E-state index contributed by atoms with van der Waals surface area (Å²) < 4.78 is 12.2. The average molecular weight is 356 g/mol. The highest BCUT2D eigenvalue weighted by Gasteiger charge is 2.34. The first-order chi connectivity index (χ1) is 12.1. The maximum absolute atomic E-state index is 12.2. The van der Waals surface area contributed by atoms with Crippen LogP contribution in [0.2, 0.25) is 0 Å². The van der Waals surface area contributed by atoms with E-state index in [0.717, 1.165) is 0 Å². The first-order valence-corrected chi connectivity index (χ1v) is 9.20. The van der Waals surface area contributed by atoms with Crippen molar-refractivity contribution < 1.29 is 13.8 Å². The summed E-state index contributed by atoms with van der Waals surface area (Å²) in [6.07, 6.45) is 1.17. The van der Waals surface area contributed by atoms with E-state index in [0.29, 0.717) is 41.2 Å². The predicted molar refractivity (Wildman–Crippen MR) is 94.2 cm³/mol. The zero-order chi connectivity index (χ0) is 17.8. The SMILES string of the molecule is O=Nc1cccc(S(=O)CCCCN2C(=O)c3ccccc3C2=O)c1. The Balaban J connectivity index is 1.52. The summed E-state index contributed by atoms with van der Waals surface area (Å²) in [6, 6.07) is 13.2. The van der Waals surface area contributed by atoms with Crippen molar-refractivity contribution in [2.24, 2.45) is 5.18 Å². The van der Waals surface area contributed by atoms with Crippen LogP contribution in [0.3, 0.4) is 0 Å². The Bertz CT molecular complexity index is 831. The van der Waals surface area contributed by atoms with Gasteiger partial charge >= 0.3 is 0 Å². The Labute approximate surface area is 147 Å². The second kappa shape index (κ2) is 7.48. The lowest BCUT2D eigenvalue weighted by atomic mass is 10.1. The molecule has 0 aromatic heterocycles. The zero-order valence-corrected chi connectivity index (χ0v) is 14.2. The van der Waals surface area contributed by atoms with Gasteiger partial charge in [0.25, 0.3) is 11.8 Å². The highest BCUT2D eigenvalue weighted by molar-refractivity contribution is 7.85. The first kappa shape index (κ1) is 17.2. The molecule has 1 atom stereocenters. The van der Waals surface area contributed by atoms with Crippen LogP contribution in [-0.2, 0) is 10.8 Å². The molecule has 1 aliphatic heterocycles. The van der Waals surface area contributed by atoms with Crippen LogP contribution in [0.25, 0.3) is 0 Å². The quantitative estimate of drug-likeness (QED) is 0.433. The average Bonchev–Trinajstić information content (AvgIpc) is 2.90. The molecular formula is C18H16N2O4S. The molecule has 2 aromatic carbocycles. The second-order valence-electron chi connectivity index (χ2n) is 5.65. The highest BCUT2D eigenvalue weighted by atomic mass is 32.2. The maximum atomic E-state index is 12.2. The summed E-state index contributed by atoms with van der Waals surface area (Å²) in [5.74, 6) is -0.149. The van der Waals surface area contributed by atoms with Crippen molar-refractivity contribution in [2.75, 3.05) is 12.3 Å². The largest absolute Gasteiger partial charge is 0.274 e. The number of hydrogen-bond acceptors (Lipinski definition) is 5. The highest BCUT2D eigenvalue weighted by Crippen LogP contribution is 2.23. The minimum absolute atomic E-state index is 0.247. The van der Waals surface area contributed by atoms with Crippen LogP contribution in [0.5, 0.6) is 0 Å². The molecule has 6 nitrogen and oxygen atoms in total. The molecule has 0 fully saturated rings. The van der Waals surface area contributed by atoms with Gasteiger partial charge in [0.15, 0.2) is 0 Å². The molecule has 0 saturated heterocycles. The Morgan fingerprint density at radius 2 is 1.60 bits per heavy atom. The zero-order valence-electron chi connectivity index (χ0n) is 13.4. The van der Waals surface area contributed by atoms with Gasteiger partial charge in [0.1, 0.15) is 5.69 Å². The van der Waals surface area contributed by atoms with Crippen molar-refractivity contribution in [3.63, 3.8) is 0 Å². The van der Waals surface area contributed by atoms with Gasteiger partial charge in [0.2, 0.25) is 0 Å². The number of carbonyl (C=O) groups excluding carboxylic acids is 2. The third-order valence-corrected chi connectivity index (χ3v) is 5.46. The molecule has 0 N–H and O–H groups in total. The predicted octanol–water partition coefficient (Wildman–Crippen LogP) is 3.27. The summed E-state index contributed by atoms with van der Waals surface area (Å²) in [5.41, 5.74) is 1.13.